The summed E-state index contributed by atoms with van der Waals surface area (Å²) < 4.78 is 62.5. The number of nitrogens with two attached hydrogens (primary N) is 1. The van der Waals surface area contributed by atoms with E-state index in [4.69, 9.17) is 5.73 Å². The number of sulfone groups is 1. The maximum atomic E-state index is 13.0. The summed E-state index contributed by atoms with van der Waals surface area (Å²) in [5.74, 6) is 0.584. The van der Waals surface area contributed by atoms with Gasteiger partial charge in [0.15, 0.2) is 0 Å². The fourth-order valence-corrected chi connectivity index (χ4v) is 3.89. The van der Waals surface area contributed by atoms with Crippen LogP contribution in [0.3, 0.4) is 0 Å². The Balaban J connectivity index is 2.13. The van der Waals surface area contributed by atoms with Gasteiger partial charge >= 0.3 is 5.51 Å². The molecule has 1 aliphatic rings. The summed E-state index contributed by atoms with van der Waals surface area (Å²) in [5, 5.41) is 0. The normalized spacial score (nSPS) is 15.4. The predicted molar refractivity (Wildman–Crippen MR) is 95.4 cm³/mol. The van der Waals surface area contributed by atoms with Crippen molar-refractivity contribution in [2.45, 2.75) is 42.5 Å². The lowest BCUT2D eigenvalue weighted by molar-refractivity contribution is -0.0436. The van der Waals surface area contributed by atoms with Gasteiger partial charge in [0.1, 0.15) is 5.82 Å². The van der Waals surface area contributed by atoms with Crippen LogP contribution in [0.2, 0.25) is 0 Å². The minimum atomic E-state index is -5.40. The van der Waals surface area contributed by atoms with Crippen molar-refractivity contribution < 1.29 is 21.6 Å². The predicted octanol–water partition coefficient (Wildman–Crippen LogP) is 3.78. The Bertz CT molecular complexity index is 943. The van der Waals surface area contributed by atoms with Crippen LogP contribution in [0.5, 0.6) is 0 Å². The zero-order valence-corrected chi connectivity index (χ0v) is 15.4. The third-order valence-electron chi connectivity index (χ3n) is 4.70. The maximum absolute atomic E-state index is 13.0. The molecule has 6 nitrogen and oxygen atoms in total. The van der Waals surface area contributed by atoms with Crippen molar-refractivity contribution in [2.75, 3.05) is 17.2 Å². The largest absolute Gasteiger partial charge is 0.501 e. The smallest absolute Gasteiger partial charge is 0.368 e. The second-order valence-corrected chi connectivity index (χ2v) is 8.26. The average molecular weight is 400 g/mol. The molecule has 1 heterocycles. The Morgan fingerprint density at radius 2 is 1.96 bits per heavy atom. The highest BCUT2D eigenvalue weighted by molar-refractivity contribution is 7.92. The standard InChI is InChI=1S/C17H19F3N4O2S/c1-2-24(15-8-9-22-16(21)23-15)14-7-6-12(27(25,26)17(18,19)20)10-13(14)11-4-3-5-11/h6-11H,2-5H2,1H3,(H2,21,22,23). The zero-order valence-electron chi connectivity index (χ0n) is 14.6. The highest BCUT2D eigenvalue weighted by Gasteiger charge is 2.47. The van der Waals surface area contributed by atoms with Gasteiger partial charge < -0.3 is 10.6 Å². The number of benzene rings is 1. The molecule has 1 saturated carbocycles. The first-order valence-corrected chi connectivity index (χ1v) is 9.95. The number of alkyl halides is 3. The molecular weight excluding hydrogens is 381 g/mol. The van der Waals surface area contributed by atoms with Gasteiger partial charge in [0.25, 0.3) is 9.84 Å². The van der Waals surface area contributed by atoms with Crippen LogP contribution in [-0.4, -0.2) is 30.4 Å². The number of hydrogen-bond donors (Lipinski definition) is 1. The number of anilines is 3. The molecule has 3 rings (SSSR count). The monoisotopic (exact) mass is 400 g/mol. The quantitative estimate of drug-likeness (QED) is 0.822. The molecule has 0 bridgehead atoms. The van der Waals surface area contributed by atoms with Crippen LogP contribution < -0.4 is 10.6 Å². The van der Waals surface area contributed by atoms with Crippen molar-refractivity contribution in [1.29, 1.82) is 0 Å². The van der Waals surface area contributed by atoms with Gasteiger partial charge in [-0.2, -0.15) is 18.2 Å². The van der Waals surface area contributed by atoms with E-state index in [1.54, 1.807) is 11.0 Å². The Labute approximate surface area is 155 Å². The molecule has 2 aromatic rings. The van der Waals surface area contributed by atoms with Crippen molar-refractivity contribution in [2.24, 2.45) is 0 Å². The van der Waals surface area contributed by atoms with Gasteiger partial charge in [-0.25, -0.2) is 13.4 Å². The molecule has 0 spiro atoms. The summed E-state index contributed by atoms with van der Waals surface area (Å²) in [5.41, 5.74) is 1.50. The first-order chi connectivity index (χ1) is 12.6. The number of aromatic nitrogens is 2. The fraction of sp³-hybridized carbons (Fsp3) is 0.412. The molecule has 0 aliphatic heterocycles. The van der Waals surface area contributed by atoms with Gasteiger partial charge in [-0.3, -0.25) is 0 Å². The van der Waals surface area contributed by atoms with Crippen LogP contribution in [-0.2, 0) is 9.84 Å². The molecule has 146 valence electrons. The lowest BCUT2D eigenvalue weighted by Gasteiger charge is -2.32. The molecule has 0 saturated heterocycles. The topological polar surface area (TPSA) is 89.2 Å². The number of rotatable bonds is 5. The number of nitrogen functional groups attached to an aromatic ring is 1. The van der Waals surface area contributed by atoms with Gasteiger partial charge in [0, 0.05) is 18.4 Å². The maximum Gasteiger partial charge on any atom is 0.501 e. The van der Waals surface area contributed by atoms with Crippen LogP contribution in [0.1, 0.15) is 37.7 Å². The van der Waals surface area contributed by atoms with E-state index in [9.17, 15) is 21.6 Å². The summed E-state index contributed by atoms with van der Waals surface area (Å²) in [4.78, 5) is 9.06. The molecule has 0 atom stereocenters. The Morgan fingerprint density at radius 3 is 2.48 bits per heavy atom. The molecule has 1 aliphatic carbocycles. The van der Waals surface area contributed by atoms with Gasteiger partial charge in [-0.05, 0) is 55.5 Å². The summed E-state index contributed by atoms with van der Waals surface area (Å²) in [7, 11) is -5.40. The fourth-order valence-electron chi connectivity index (χ4n) is 3.10. The lowest BCUT2D eigenvalue weighted by Crippen LogP contribution is -2.25. The van der Waals surface area contributed by atoms with Crippen LogP contribution >= 0.6 is 0 Å². The Hall–Kier alpha value is -2.36. The summed E-state index contributed by atoms with van der Waals surface area (Å²) in [6.07, 6.45) is 4.04. The van der Waals surface area contributed by atoms with E-state index in [0.29, 0.717) is 23.6 Å². The van der Waals surface area contributed by atoms with Gasteiger partial charge in [-0.15, -0.1) is 0 Å². The molecule has 1 aromatic carbocycles. The summed E-state index contributed by atoms with van der Waals surface area (Å²) in [6.45, 7) is 2.34. The number of nitrogens with zero attached hydrogens (tertiary/aromatic N) is 3. The van der Waals surface area contributed by atoms with Crippen molar-refractivity contribution >= 4 is 27.3 Å². The van der Waals surface area contributed by atoms with Crippen molar-refractivity contribution in [1.82, 2.24) is 9.97 Å². The first-order valence-electron chi connectivity index (χ1n) is 8.46. The Morgan fingerprint density at radius 1 is 1.26 bits per heavy atom. The summed E-state index contributed by atoms with van der Waals surface area (Å²) >= 11 is 0. The van der Waals surface area contributed by atoms with E-state index in [1.165, 1.54) is 12.3 Å². The first kappa shape index (κ1) is 19.4. The van der Waals surface area contributed by atoms with E-state index < -0.39 is 20.2 Å². The molecule has 0 unspecified atom stereocenters. The minimum absolute atomic E-state index is 0.0108. The van der Waals surface area contributed by atoms with E-state index in [-0.39, 0.29) is 11.9 Å². The number of halogens is 3. The van der Waals surface area contributed by atoms with E-state index >= 15 is 0 Å². The molecule has 1 fully saturated rings. The zero-order chi connectivity index (χ0) is 19.8. The van der Waals surface area contributed by atoms with Gasteiger partial charge in [-0.1, -0.05) is 6.42 Å². The SMILES string of the molecule is CCN(c1ccnc(N)n1)c1ccc(S(=O)(=O)C(F)(F)F)cc1C1CCC1. The van der Waals surface area contributed by atoms with Crippen molar-refractivity contribution in [3.05, 3.63) is 36.0 Å². The Kier molecular flexibility index (Phi) is 5.02. The minimum Gasteiger partial charge on any atom is -0.368 e. The highest BCUT2D eigenvalue weighted by atomic mass is 32.2. The molecule has 27 heavy (non-hydrogen) atoms. The number of hydrogen-bond acceptors (Lipinski definition) is 6. The van der Waals surface area contributed by atoms with Crippen LogP contribution in [0.25, 0.3) is 0 Å². The van der Waals surface area contributed by atoms with Crippen LogP contribution in [0.4, 0.5) is 30.6 Å². The van der Waals surface area contributed by atoms with E-state index in [0.717, 1.165) is 31.4 Å². The third-order valence-corrected chi connectivity index (χ3v) is 6.19. The molecule has 0 amide bonds. The van der Waals surface area contributed by atoms with Crippen molar-refractivity contribution in [3.8, 4) is 0 Å². The van der Waals surface area contributed by atoms with Gasteiger partial charge in [0.2, 0.25) is 5.95 Å². The lowest BCUT2D eigenvalue weighted by atomic mass is 9.79. The second kappa shape index (κ2) is 6.99. The van der Waals surface area contributed by atoms with E-state index in [2.05, 4.69) is 9.97 Å². The average Bonchev–Trinajstić information content (AvgIpc) is 2.54. The third kappa shape index (κ3) is 3.58. The van der Waals surface area contributed by atoms with Gasteiger partial charge in [0.05, 0.1) is 4.90 Å². The van der Waals surface area contributed by atoms with Crippen molar-refractivity contribution in [3.63, 3.8) is 0 Å². The molecule has 1 aromatic heterocycles. The second-order valence-electron chi connectivity index (χ2n) is 6.31. The molecule has 10 heteroatoms. The van der Waals surface area contributed by atoms with E-state index in [1.807, 2.05) is 6.92 Å². The molecule has 2 N–H and O–H groups in total. The van der Waals surface area contributed by atoms with Crippen LogP contribution in [0.15, 0.2) is 35.4 Å². The highest BCUT2D eigenvalue weighted by Crippen LogP contribution is 2.44. The summed E-state index contributed by atoms with van der Waals surface area (Å²) in [6, 6.07) is 5.20. The molecule has 0 radical (unpaired) electrons. The van der Waals surface area contributed by atoms with Crippen LogP contribution in [0, 0.1) is 0 Å². The molecular formula is C17H19F3N4O2S.